The second kappa shape index (κ2) is 4.96. The van der Waals surface area contributed by atoms with Gasteiger partial charge in [-0.15, -0.1) is 0 Å². The van der Waals surface area contributed by atoms with Crippen LogP contribution in [0.5, 0.6) is 0 Å². The molecule has 1 aromatic heterocycles. The van der Waals surface area contributed by atoms with Crippen molar-refractivity contribution >= 4 is 5.91 Å². The van der Waals surface area contributed by atoms with Gasteiger partial charge in [0.1, 0.15) is 0 Å². The topological polar surface area (TPSA) is 49.0 Å². The van der Waals surface area contributed by atoms with Crippen molar-refractivity contribution in [2.24, 2.45) is 0 Å². The maximum absolute atomic E-state index is 11.9. The second-order valence-electron chi connectivity index (χ2n) is 4.05. The molecule has 0 atom stereocenters. The van der Waals surface area contributed by atoms with Crippen molar-refractivity contribution in [1.82, 2.24) is 15.1 Å². The van der Waals surface area contributed by atoms with Gasteiger partial charge in [-0.1, -0.05) is 12.8 Å². The van der Waals surface area contributed by atoms with E-state index in [1.807, 2.05) is 11.0 Å². The molecule has 1 aliphatic rings. The molecule has 4 heteroatoms. The fourth-order valence-electron chi connectivity index (χ4n) is 1.98. The zero-order chi connectivity index (χ0) is 10.5. The molecule has 1 aliphatic heterocycles. The lowest BCUT2D eigenvalue weighted by Crippen LogP contribution is -2.33. The predicted molar refractivity (Wildman–Crippen MR) is 57.3 cm³/mol. The molecule has 1 amide bonds. The first-order valence-corrected chi connectivity index (χ1v) is 5.62. The average molecular weight is 207 g/mol. The molecule has 1 N–H and O–H groups in total. The highest BCUT2D eigenvalue weighted by molar-refractivity contribution is 5.78. The van der Waals surface area contributed by atoms with Crippen LogP contribution < -0.4 is 0 Å². The van der Waals surface area contributed by atoms with Crippen molar-refractivity contribution in [2.75, 3.05) is 13.1 Å². The fourth-order valence-corrected chi connectivity index (χ4v) is 1.98. The van der Waals surface area contributed by atoms with Gasteiger partial charge < -0.3 is 4.90 Å². The number of aromatic amines is 1. The highest BCUT2D eigenvalue weighted by Crippen LogP contribution is 2.10. The third-order valence-electron chi connectivity index (χ3n) is 2.86. The number of amides is 1. The van der Waals surface area contributed by atoms with Crippen molar-refractivity contribution in [3.05, 3.63) is 18.0 Å². The van der Waals surface area contributed by atoms with E-state index in [1.165, 1.54) is 12.8 Å². The van der Waals surface area contributed by atoms with E-state index in [1.54, 1.807) is 6.20 Å². The molecule has 2 rings (SSSR count). The van der Waals surface area contributed by atoms with Crippen molar-refractivity contribution in [1.29, 1.82) is 0 Å². The van der Waals surface area contributed by atoms with Crippen LogP contribution in [-0.4, -0.2) is 34.1 Å². The molecule has 1 aromatic rings. The Kier molecular flexibility index (Phi) is 3.37. The van der Waals surface area contributed by atoms with E-state index in [0.717, 1.165) is 31.6 Å². The van der Waals surface area contributed by atoms with Gasteiger partial charge in [-0.05, 0) is 18.9 Å². The van der Waals surface area contributed by atoms with Gasteiger partial charge in [0.05, 0.1) is 6.42 Å². The number of rotatable bonds is 2. The molecule has 0 aromatic carbocycles. The zero-order valence-corrected chi connectivity index (χ0v) is 8.91. The summed E-state index contributed by atoms with van der Waals surface area (Å²) in [5.41, 5.74) is 0.907. The van der Waals surface area contributed by atoms with E-state index in [9.17, 15) is 4.79 Å². The van der Waals surface area contributed by atoms with Crippen LogP contribution >= 0.6 is 0 Å². The molecule has 0 spiro atoms. The molecular weight excluding hydrogens is 190 g/mol. The summed E-state index contributed by atoms with van der Waals surface area (Å²) in [5, 5.41) is 6.67. The summed E-state index contributed by atoms with van der Waals surface area (Å²) < 4.78 is 0. The summed E-state index contributed by atoms with van der Waals surface area (Å²) in [6, 6.07) is 1.86. The molecule has 0 unspecified atom stereocenters. The molecule has 4 nitrogen and oxygen atoms in total. The van der Waals surface area contributed by atoms with Crippen molar-refractivity contribution < 1.29 is 4.79 Å². The van der Waals surface area contributed by atoms with E-state index in [-0.39, 0.29) is 5.91 Å². The number of aromatic nitrogens is 2. The van der Waals surface area contributed by atoms with Crippen molar-refractivity contribution in [3.63, 3.8) is 0 Å². The van der Waals surface area contributed by atoms with E-state index >= 15 is 0 Å². The summed E-state index contributed by atoms with van der Waals surface area (Å²) in [6.07, 6.45) is 6.95. The Morgan fingerprint density at radius 2 is 2.07 bits per heavy atom. The summed E-state index contributed by atoms with van der Waals surface area (Å²) in [7, 11) is 0. The van der Waals surface area contributed by atoms with Crippen molar-refractivity contribution in [2.45, 2.75) is 32.1 Å². The average Bonchev–Trinajstić information content (AvgIpc) is 2.58. The Balaban J connectivity index is 1.89. The van der Waals surface area contributed by atoms with Gasteiger partial charge >= 0.3 is 0 Å². The minimum Gasteiger partial charge on any atom is -0.342 e. The Labute approximate surface area is 89.7 Å². The molecule has 15 heavy (non-hydrogen) atoms. The van der Waals surface area contributed by atoms with Crippen LogP contribution in [0.4, 0.5) is 0 Å². The summed E-state index contributed by atoms with van der Waals surface area (Å²) in [5.74, 6) is 0.223. The SMILES string of the molecule is O=C(Cc1ccn[nH]1)N1CCCCCC1. The molecule has 0 radical (unpaired) electrons. The lowest BCUT2D eigenvalue weighted by molar-refractivity contribution is -0.130. The van der Waals surface area contributed by atoms with Gasteiger partial charge in [0.2, 0.25) is 5.91 Å². The smallest absolute Gasteiger partial charge is 0.228 e. The van der Waals surface area contributed by atoms with Crippen LogP contribution in [0.25, 0.3) is 0 Å². The minimum absolute atomic E-state index is 0.223. The summed E-state index contributed by atoms with van der Waals surface area (Å²) >= 11 is 0. The van der Waals surface area contributed by atoms with E-state index in [0.29, 0.717) is 6.42 Å². The Morgan fingerprint density at radius 1 is 1.33 bits per heavy atom. The van der Waals surface area contributed by atoms with E-state index in [2.05, 4.69) is 10.2 Å². The fraction of sp³-hybridized carbons (Fsp3) is 0.636. The molecule has 0 aliphatic carbocycles. The third kappa shape index (κ3) is 2.81. The molecule has 82 valence electrons. The number of carbonyl (C=O) groups is 1. The predicted octanol–water partition coefficient (Wildman–Crippen LogP) is 1.35. The highest BCUT2D eigenvalue weighted by atomic mass is 16.2. The van der Waals surface area contributed by atoms with Crippen LogP contribution in [0.2, 0.25) is 0 Å². The first-order valence-electron chi connectivity index (χ1n) is 5.62. The summed E-state index contributed by atoms with van der Waals surface area (Å²) in [6.45, 7) is 1.85. The lowest BCUT2D eigenvalue weighted by atomic mass is 10.2. The van der Waals surface area contributed by atoms with Gasteiger partial charge in [-0.3, -0.25) is 9.89 Å². The summed E-state index contributed by atoms with van der Waals surface area (Å²) in [4.78, 5) is 13.9. The molecule has 0 bridgehead atoms. The Morgan fingerprint density at radius 3 is 2.67 bits per heavy atom. The van der Waals surface area contributed by atoms with Crippen LogP contribution in [0, 0.1) is 0 Å². The number of nitrogens with zero attached hydrogens (tertiary/aromatic N) is 2. The number of nitrogens with one attached hydrogen (secondary N) is 1. The van der Waals surface area contributed by atoms with Gasteiger partial charge in [0.25, 0.3) is 0 Å². The largest absolute Gasteiger partial charge is 0.342 e. The number of likely N-dealkylation sites (tertiary alicyclic amines) is 1. The lowest BCUT2D eigenvalue weighted by Gasteiger charge is -2.19. The molecular formula is C11H17N3O. The number of H-pyrrole nitrogens is 1. The monoisotopic (exact) mass is 207 g/mol. The van der Waals surface area contributed by atoms with Crippen LogP contribution in [0.3, 0.4) is 0 Å². The Bertz CT molecular complexity index is 300. The number of hydrogen-bond donors (Lipinski definition) is 1. The number of hydrogen-bond acceptors (Lipinski definition) is 2. The first kappa shape index (κ1) is 10.2. The van der Waals surface area contributed by atoms with Gasteiger partial charge in [0, 0.05) is 25.0 Å². The highest BCUT2D eigenvalue weighted by Gasteiger charge is 2.15. The van der Waals surface area contributed by atoms with Crippen molar-refractivity contribution in [3.8, 4) is 0 Å². The standard InChI is InChI=1S/C11H17N3O/c15-11(9-10-5-6-12-13-10)14-7-3-1-2-4-8-14/h5-6H,1-4,7-9H2,(H,12,13). The first-order chi connectivity index (χ1) is 7.36. The van der Waals surface area contributed by atoms with Gasteiger partial charge in [0.15, 0.2) is 0 Å². The molecule has 1 saturated heterocycles. The maximum Gasteiger partial charge on any atom is 0.228 e. The molecule has 1 fully saturated rings. The third-order valence-corrected chi connectivity index (χ3v) is 2.86. The Hall–Kier alpha value is -1.32. The normalized spacial score (nSPS) is 17.5. The van der Waals surface area contributed by atoms with Crippen LogP contribution in [0.1, 0.15) is 31.4 Å². The number of carbonyl (C=O) groups excluding carboxylic acids is 1. The zero-order valence-electron chi connectivity index (χ0n) is 8.91. The van der Waals surface area contributed by atoms with Crippen LogP contribution in [0.15, 0.2) is 12.3 Å². The van der Waals surface area contributed by atoms with Crippen LogP contribution in [-0.2, 0) is 11.2 Å². The van der Waals surface area contributed by atoms with Gasteiger partial charge in [-0.2, -0.15) is 5.10 Å². The van der Waals surface area contributed by atoms with E-state index in [4.69, 9.17) is 0 Å². The minimum atomic E-state index is 0.223. The second-order valence-corrected chi connectivity index (χ2v) is 4.05. The quantitative estimate of drug-likeness (QED) is 0.796. The molecule has 0 saturated carbocycles. The van der Waals surface area contributed by atoms with E-state index < -0.39 is 0 Å². The van der Waals surface area contributed by atoms with Gasteiger partial charge in [-0.25, -0.2) is 0 Å². The maximum atomic E-state index is 11.9. The molecule has 2 heterocycles.